The number of aliphatic carboxylic acids is 1. The summed E-state index contributed by atoms with van der Waals surface area (Å²) in [6.45, 7) is 1.02. The third-order valence-electron chi connectivity index (χ3n) is 3.47. The molecule has 1 heterocycles. The van der Waals surface area contributed by atoms with E-state index in [4.69, 9.17) is 5.11 Å². The highest BCUT2D eigenvalue weighted by Crippen LogP contribution is 2.34. The molecule has 2 N–H and O–H groups in total. The highest BCUT2D eigenvalue weighted by atomic mass is 19.4. The molecular formula is C13H14F3NO2. The molecule has 0 spiro atoms. The van der Waals surface area contributed by atoms with E-state index in [-0.39, 0.29) is 5.92 Å². The van der Waals surface area contributed by atoms with E-state index in [1.54, 1.807) is 0 Å². The third-order valence-corrected chi connectivity index (χ3v) is 3.47. The quantitative estimate of drug-likeness (QED) is 0.870. The van der Waals surface area contributed by atoms with Crippen LogP contribution in [-0.2, 0) is 11.0 Å². The summed E-state index contributed by atoms with van der Waals surface area (Å²) in [4.78, 5) is 11.1. The zero-order chi connectivity index (χ0) is 14.0. The predicted octanol–water partition coefficient (Wildman–Crippen LogP) is 2.48. The van der Waals surface area contributed by atoms with Gasteiger partial charge < -0.3 is 10.4 Å². The molecule has 0 saturated carbocycles. The van der Waals surface area contributed by atoms with Gasteiger partial charge in [-0.3, -0.25) is 4.79 Å². The lowest BCUT2D eigenvalue weighted by Crippen LogP contribution is -2.39. The van der Waals surface area contributed by atoms with E-state index in [0.717, 1.165) is 12.1 Å². The van der Waals surface area contributed by atoms with Crippen molar-refractivity contribution in [3.05, 3.63) is 35.4 Å². The third kappa shape index (κ3) is 3.07. The first-order valence-electron chi connectivity index (χ1n) is 6.00. The molecule has 1 aliphatic heterocycles. The molecule has 104 valence electrons. The van der Waals surface area contributed by atoms with Crippen LogP contribution >= 0.6 is 0 Å². The fraction of sp³-hybridized carbons (Fsp3) is 0.462. The van der Waals surface area contributed by atoms with E-state index in [2.05, 4.69) is 5.32 Å². The summed E-state index contributed by atoms with van der Waals surface area (Å²) in [5.74, 6) is -1.75. The lowest BCUT2D eigenvalue weighted by atomic mass is 9.81. The van der Waals surface area contributed by atoms with Crippen molar-refractivity contribution in [3.63, 3.8) is 0 Å². The highest BCUT2D eigenvalue weighted by molar-refractivity contribution is 5.72. The van der Waals surface area contributed by atoms with Crippen LogP contribution in [0.4, 0.5) is 13.2 Å². The van der Waals surface area contributed by atoms with Crippen LogP contribution < -0.4 is 5.32 Å². The van der Waals surface area contributed by atoms with Crippen molar-refractivity contribution in [2.24, 2.45) is 5.92 Å². The Bertz CT molecular complexity index is 456. The van der Waals surface area contributed by atoms with E-state index < -0.39 is 23.6 Å². The van der Waals surface area contributed by atoms with Crippen molar-refractivity contribution in [1.29, 1.82) is 0 Å². The molecular weight excluding hydrogens is 259 g/mol. The first-order chi connectivity index (χ1) is 8.89. The second kappa shape index (κ2) is 5.21. The van der Waals surface area contributed by atoms with Crippen LogP contribution in [0.15, 0.2) is 24.3 Å². The Kier molecular flexibility index (Phi) is 3.80. The van der Waals surface area contributed by atoms with Crippen LogP contribution in [0.3, 0.4) is 0 Å². The zero-order valence-electron chi connectivity index (χ0n) is 10.1. The Morgan fingerprint density at radius 2 is 1.89 bits per heavy atom. The molecule has 19 heavy (non-hydrogen) atoms. The second-order valence-electron chi connectivity index (χ2n) is 4.66. The molecule has 0 radical (unpaired) electrons. The average Bonchev–Trinajstić information content (AvgIpc) is 2.38. The lowest BCUT2D eigenvalue weighted by molar-refractivity contribution is -0.143. The minimum Gasteiger partial charge on any atom is -0.481 e. The number of alkyl halides is 3. The average molecular weight is 273 g/mol. The maximum absolute atomic E-state index is 12.5. The van der Waals surface area contributed by atoms with Crippen LogP contribution in [0, 0.1) is 5.92 Å². The summed E-state index contributed by atoms with van der Waals surface area (Å²) in [5.41, 5.74) is -0.0565. The Morgan fingerprint density at radius 3 is 2.42 bits per heavy atom. The highest BCUT2D eigenvalue weighted by Gasteiger charge is 2.33. The number of hydrogen-bond acceptors (Lipinski definition) is 2. The maximum Gasteiger partial charge on any atom is 0.416 e. The van der Waals surface area contributed by atoms with Gasteiger partial charge in [-0.25, -0.2) is 0 Å². The summed E-state index contributed by atoms with van der Waals surface area (Å²) in [6, 6.07) is 4.79. The number of rotatable bonds is 2. The van der Waals surface area contributed by atoms with E-state index in [1.165, 1.54) is 12.1 Å². The summed E-state index contributed by atoms with van der Waals surface area (Å²) in [6.07, 6.45) is -3.75. The first kappa shape index (κ1) is 13.9. The summed E-state index contributed by atoms with van der Waals surface area (Å²) < 4.78 is 37.4. The molecule has 2 rings (SSSR count). The molecule has 6 heteroatoms. The number of benzene rings is 1. The second-order valence-corrected chi connectivity index (χ2v) is 4.66. The van der Waals surface area contributed by atoms with E-state index in [9.17, 15) is 18.0 Å². The van der Waals surface area contributed by atoms with Gasteiger partial charge in [0.25, 0.3) is 0 Å². The summed E-state index contributed by atoms with van der Waals surface area (Å²) >= 11 is 0. The van der Waals surface area contributed by atoms with Crippen molar-refractivity contribution in [3.8, 4) is 0 Å². The van der Waals surface area contributed by atoms with Crippen molar-refractivity contribution in [2.45, 2.75) is 18.5 Å². The van der Waals surface area contributed by atoms with Gasteiger partial charge in [0.1, 0.15) is 0 Å². The normalized spacial score (nSPS) is 24.2. The fourth-order valence-corrected chi connectivity index (χ4v) is 2.44. The molecule has 2 atom stereocenters. The van der Waals surface area contributed by atoms with Gasteiger partial charge in [0.2, 0.25) is 0 Å². The number of carbonyl (C=O) groups is 1. The monoisotopic (exact) mass is 273 g/mol. The predicted molar refractivity (Wildman–Crippen MR) is 62.8 cm³/mol. The maximum atomic E-state index is 12.5. The minimum absolute atomic E-state index is 0.235. The van der Waals surface area contributed by atoms with Gasteiger partial charge in [0.15, 0.2) is 0 Å². The molecule has 2 unspecified atom stereocenters. The fourth-order valence-electron chi connectivity index (χ4n) is 2.44. The van der Waals surface area contributed by atoms with Gasteiger partial charge in [-0.15, -0.1) is 0 Å². The number of hydrogen-bond donors (Lipinski definition) is 2. The van der Waals surface area contributed by atoms with Crippen LogP contribution in [0.2, 0.25) is 0 Å². The standard InChI is InChI=1S/C13H14F3NO2/c14-13(15,16)9-3-1-8(2-4-9)10-5-6-17-7-11(10)12(18)19/h1-4,10-11,17H,5-7H2,(H,18,19). The van der Waals surface area contributed by atoms with Gasteiger partial charge in [-0.2, -0.15) is 13.2 Å². The van der Waals surface area contributed by atoms with Crippen LogP contribution in [0.25, 0.3) is 0 Å². The van der Waals surface area contributed by atoms with Crippen molar-refractivity contribution >= 4 is 5.97 Å². The molecule has 0 amide bonds. The molecule has 0 bridgehead atoms. The Hall–Kier alpha value is -1.56. The van der Waals surface area contributed by atoms with Crippen LogP contribution in [0.5, 0.6) is 0 Å². The Balaban J connectivity index is 2.23. The summed E-state index contributed by atoms with van der Waals surface area (Å²) in [7, 11) is 0. The zero-order valence-corrected chi connectivity index (χ0v) is 10.1. The Labute approximate surface area is 108 Å². The van der Waals surface area contributed by atoms with E-state index >= 15 is 0 Å². The smallest absolute Gasteiger partial charge is 0.416 e. The number of piperidine rings is 1. The molecule has 1 aromatic rings. The van der Waals surface area contributed by atoms with E-state index in [0.29, 0.717) is 25.1 Å². The van der Waals surface area contributed by atoms with Gasteiger partial charge >= 0.3 is 12.1 Å². The van der Waals surface area contributed by atoms with Crippen molar-refractivity contribution in [1.82, 2.24) is 5.32 Å². The molecule has 1 fully saturated rings. The number of carboxylic acid groups (broad SMARTS) is 1. The first-order valence-corrected chi connectivity index (χ1v) is 6.00. The summed E-state index contributed by atoms with van der Waals surface area (Å²) in [5, 5.41) is 12.1. The van der Waals surface area contributed by atoms with E-state index in [1.807, 2.05) is 0 Å². The molecule has 3 nitrogen and oxygen atoms in total. The number of halogens is 3. The largest absolute Gasteiger partial charge is 0.481 e. The van der Waals surface area contributed by atoms with Crippen molar-refractivity contribution < 1.29 is 23.1 Å². The molecule has 0 aromatic heterocycles. The number of nitrogens with one attached hydrogen (secondary N) is 1. The topological polar surface area (TPSA) is 49.3 Å². The van der Waals surface area contributed by atoms with Gasteiger partial charge in [-0.1, -0.05) is 12.1 Å². The molecule has 1 aliphatic rings. The van der Waals surface area contributed by atoms with Crippen molar-refractivity contribution in [2.75, 3.05) is 13.1 Å². The van der Waals surface area contributed by atoms with Gasteiger partial charge in [-0.05, 0) is 36.6 Å². The molecule has 0 aliphatic carbocycles. The SMILES string of the molecule is O=C(O)C1CNCCC1c1ccc(C(F)(F)F)cc1. The lowest BCUT2D eigenvalue weighted by Gasteiger charge is -2.29. The molecule has 1 saturated heterocycles. The molecule has 1 aromatic carbocycles. The minimum atomic E-state index is -4.36. The Morgan fingerprint density at radius 1 is 1.26 bits per heavy atom. The number of carboxylic acids is 1. The van der Waals surface area contributed by atoms with Gasteiger partial charge in [0, 0.05) is 6.54 Å². The van der Waals surface area contributed by atoms with Crippen LogP contribution in [-0.4, -0.2) is 24.2 Å². The van der Waals surface area contributed by atoms with Gasteiger partial charge in [0.05, 0.1) is 11.5 Å². The van der Waals surface area contributed by atoms with Crippen LogP contribution in [0.1, 0.15) is 23.5 Å².